The minimum absolute atomic E-state index is 0. The molecule has 0 radical (unpaired) electrons. The monoisotopic (exact) mass is 552 g/mol. The molecule has 4 aromatic carbocycles. The molecule has 1 aliphatic carbocycles. The number of hydrogen-bond acceptors (Lipinski definition) is 8. The van der Waals surface area contributed by atoms with Crippen LogP contribution in [0.25, 0.3) is 0 Å². The second kappa shape index (κ2) is 10.7. The Bertz CT molecular complexity index is 1720. The minimum Gasteiger partial charge on any atom is -0.744 e. The molecule has 0 heterocycles. The van der Waals surface area contributed by atoms with E-state index >= 15 is 0 Å². The van der Waals surface area contributed by atoms with Crippen LogP contribution in [0.2, 0.25) is 0 Å². The van der Waals surface area contributed by atoms with E-state index in [1.165, 1.54) is 12.1 Å². The topological polar surface area (TPSA) is 129 Å². The fourth-order valence-electron chi connectivity index (χ4n) is 4.31. The molecule has 38 heavy (non-hydrogen) atoms. The predicted octanol–water partition coefficient (Wildman–Crippen LogP) is 2.46. The summed E-state index contributed by atoms with van der Waals surface area (Å²) < 4.78 is 36.0. The van der Waals surface area contributed by atoms with E-state index in [1.807, 2.05) is 26.0 Å². The molecule has 0 saturated carbocycles. The average molecular weight is 553 g/mol. The van der Waals surface area contributed by atoms with Crippen LogP contribution in [0.4, 0.5) is 17.1 Å². The number of anilines is 3. The Labute approximate surface area is 246 Å². The molecule has 0 aliphatic heterocycles. The van der Waals surface area contributed by atoms with Crippen LogP contribution in [0.1, 0.15) is 43.0 Å². The number of nitrogens with one attached hydrogen (secondary N) is 1. The van der Waals surface area contributed by atoms with Crippen LogP contribution in [0.3, 0.4) is 0 Å². The first-order valence-corrected chi connectivity index (χ1v) is 13.5. The molecule has 0 saturated heterocycles. The summed E-state index contributed by atoms with van der Waals surface area (Å²) in [5.41, 5.74) is 8.26. The van der Waals surface area contributed by atoms with E-state index in [-0.39, 0.29) is 57.5 Å². The van der Waals surface area contributed by atoms with Crippen molar-refractivity contribution in [1.82, 2.24) is 0 Å². The molecule has 0 atom stereocenters. The van der Waals surface area contributed by atoms with Crippen molar-refractivity contribution >= 4 is 50.5 Å². The molecule has 4 aromatic rings. The van der Waals surface area contributed by atoms with Crippen LogP contribution in [-0.2, 0) is 10.1 Å². The summed E-state index contributed by atoms with van der Waals surface area (Å²) >= 11 is 1.60. The first-order valence-electron chi connectivity index (χ1n) is 11.3. The van der Waals surface area contributed by atoms with Gasteiger partial charge in [-0.25, -0.2) is 8.42 Å². The zero-order valence-electron chi connectivity index (χ0n) is 20.9. The van der Waals surface area contributed by atoms with Crippen LogP contribution < -0.4 is 40.6 Å². The largest absolute Gasteiger partial charge is 1.00 e. The molecule has 0 aromatic heterocycles. The minimum atomic E-state index is -5.03. The van der Waals surface area contributed by atoms with E-state index < -0.39 is 32.3 Å². The van der Waals surface area contributed by atoms with E-state index in [0.717, 1.165) is 27.0 Å². The third-order valence-corrected chi connectivity index (χ3v) is 8.22. The van der Waals surface area contributed by atoms with Crippen LogP contribution in [-0.4, -0.2) is 24.5 Å². The van der Waals surface area contributed by atoms with Crippen molar-refractivity contribution in [3.8, 4) is 0 Å². The Morgan fingerprint density at radius 3 is 2.05 bits per heavy atom. The molecule has 10 heteroatoms. The summed E-state index contributed by atoms with van der Waals surface area (Å²) in [7, 11) is -5.03. The van der Waals surface area contributed by atoms with E-state index in [4.69, 9.17) is 5.73 Å². The van der Waals surface area contributed by atoms with Gasteiger partial charge in [0.25, 0.3) is 0 Å². The Morgan fingerprint density at radius 1 is 0.842 bits per heavy atom. The third-order valence-electron chi connectivity index (χ3n) is 6.17. The van der Waals surface area contributed by atoms with Crippen molar-refractivity contribution in [3.05, 3.63) is 106 Å². The van der Waals surface area contributed by atoms with E-state index in [1.54, 1.807) is 36.0 Å². The molecular weight excluding hydrogens is 531 g/mol. The first-order chi connectivity index (χ1) is 17.5. The number of ketones is 2. The van der Waals surface area contributed by atoms with Gasteiger partial charge in [0.15, 0.2) is 11.6 Å². The molecule has 0 bridgehead atoms. The maximum atomic E-state index is 13.4. The Balaban J connectivity index is 0.00000336. The smallest absolute Gasteiger partial charge is 0.744 e. The van der Waals surface area contributed by atoms with Crippen molar-refractivity contribution in [2.45, 2.75) is 28.5 Å². The van der Waals surface area contributed by atoms with E-state index in [2.05, 4.69) is 23.5 Å². The fourth-order valence-corrected chi connectivity index (χ4v) is 5.94. The van der Waals surface area contributed by atoms with Crippen molar-refractivity contribution in [3.63, 3.8) is 0 Å². The number of nitrogens with two attached hydrogens (primary N) is 1. The van der Waals surface area contributed by atoms with Crippen LogP contribution in [0.15, 0.2) is 87.5 Å². The summed E-state index contributed by atoms with van der Waals surface area (Å²) in [6.07, 6.45) is 0. The molecule has 5 rings (SSSR count). The molecule has 0 fully saturated rings. The summed E-state index contributed by atoms with van der Waals surface area (Å²) in [6, 6.07) is 20.8. The fraction of sp³-hybridized carbons (Fsp3) is 0.0714. The summed E-state index contributed by atoms with van der Waals surface area (Å²) in [5, 5.41) is 3.02. The SMILES string of the molecule is Cc1ccc(C)c(Sc2ccc(Nc3cc(S(=O)(=O)[O-])c(N)c4c3C(=O)c3ccccc3C4=O)cc2)c1.[Na+]. The maximum absolute atomic E-state index is 13.4. The van der Waals surface area contributed by atoms with E-state index in [0.29, 0.717) is 5.69 Å². The maximum Gasteiger partial charge on any atom is 1.00 e. The van der Waals surface area contributed by atoms with Crippen LogP contribution >= 0.6 is 11.8 Å². The van der Waals surface area contributed by atoms with Gasteiger partial charge in [0.2, 0.25) is 0 Å². The predicted molar refractivity (Wildman–Crippen MR) is 142 cm³/mol. The van der Waals surface area contributed by atoms with Gasteiger partial charge in [-0.05, 0) is 61.4 Å². The Morgan fingerprint density at radius 2 is 1.45 bits per heavy atom. The molecule has 0 spiro atoms. The van der Waals surface area contributed by atoms with Gasteiger partial charge in [0.05, 0.1) is 27.4 Å². The van der Waals surface area contributed by atoms with Gasteiger partial charge >= 0.3 is 29.6 Å². The molecule has 3 N–H and O–H groups in total. The summed E-state index contributed by atoms with van der Waals surface area (Å²) in [5.74, 6) is -1.10. The average Bonchev–Trinajstić information content (AvgIpc) is 2.86. The zero-order valence-corrected chi connectivity index (χ0v) is 24.5. The van der Waals surface area contributed by atoms with Gasteiger partial charge in [-0.15, -0.1) is 0 Å². The second-order valence-electron chi connectivity index (χ2n) is 8.76. The Hall–Kier alpha value is -2.92. The quantitative estimate of drug-likeness (QED) is 0.193. The van der Waals surface area contributed by atoms with Gasteiger partial charge in [-0.1, -0.05) is 48.2 Å². The summed E-state index contributed by atoms with van der Waals surface area (Å²) in [4.78, 5) is 28.0. The third kappa shape index (κ3) is 5.18. The standard InChI is InChI=1S/C28H22N2O5S2.Na/c1-15-7-8-16(2)22(13-15)36-18-11-9-17(10-12-18)30-21-14-23(37(33,34)35)26(29)25-24(21)27(31)19-5-3-4-6-20(19)28(25)32;/h3-14,30H,29H2,1-2H3,(H,33,34,35);/q;+1/p-1. The number of carbonyl (C=O) groups excluding carboxylic acids is 2. The summed E-state index contributed by atoms with van der Waals surface area (Å²) in [6.45, 7) is 4.07. The molecule has 0 amide bonds. The normalized spacial score (nSPS) is 12.4. The Kier molecular flexibility index (Phi) is 7.90. The molecular formula is C28H21N2NaO5S2. The molecule has 7 nitrogen and oxygen atoms in total. The van der Waals surface area contributed by atoms with Gasteiger partial charge in [-0.3, -0.25) is 9.59 Å². The second-order valence-corrected chi connectivity index (χ2v) is 11.2. The van der Waals surface area contributed by atoms with Crippen molar-refractivity contribution < 1.29 is 52.1 Å². The van der Waals surface area contributed by atoms with Gasteiger partial charge in [-0.2, -0.15) is 0 Å². The molecule has 186 valence electrons. The van der Waals surface area contributed by atoms with Crippen LogP contribution in [0.5, 0.6) is 0 Å². The molecule has 0 unspecified atom stereocenters. The van der Waals surface area contributed by atoms with E-state index in [9.17, 15) is 22.6 Å². The first kappa shape index (κ1) is 28.1. The number of carbonyl (C=O) groups is 2. The number of fused-ring (bicyclic) bond motifs is 2. The molecule has 1 aliphatic rings. The number of nitrogen functional groups attached to an aromatic ring is 1. The number of benzene rings is 4. The van der Waals surface area contributed by atoms with Crippen molar-refractivity contribution in [2.75, 3.05) is 11.1 Å². The van der Waals surface area contributed by atoms with Gasteiger partial charge < -0.3 is 15.6 Å². The number of hydrogen-bond donors (Lipinski definition) is 2. The van der Waals surface area contributed by atoms with Gasteiger partial charge in [0, 0.05) is 26.6 Å². The van der Waals surface area contributed by atoms with Crippen molar-refractivity contribution in [1.29, 1.82) is 0 Å². The van der Waals surface area contributed by atoms with Crippen LogP contribution in [0, 0.1) is 13.8 Å². The van der Waals surface area contributed by atoms with Gasteiger partial charge in [0.1, 0.15) is 10.1 Å². The number of rotatable bonds is 5. The van der Waals surface area contributed by atoms with Crippen molar-refractivity contribution in [2.24, 2.45) is 0 Å². The zero-order chi connectivity index (χ0) is 26.5. The number of aryl methyl sites for hydroxylation is 2.